The minimum absolute atomic E-state index is 0.124. The molecule has 8 unspecified atom stereocenters. The summed E-state index contributed by atoms with van der Waals surface area (Å²) in [6.07, 6.45) is 49.0. The quantitative estimate of drug-likeness (QED) is 0.0195. The Bertz CT molecular complexity index is 1330. The number of unbranched alkanes of at least 4 members (excludes halogenated alkanes) is 34. The third-order valence-corrected chi connectivity index (χ3v) is 14.5. The van der Waals surface area contributed by atoms with Crippen molar-refractivity contribution in [2.24, 2.45) is 0 Å². The van der Waals surface area contributed by atoms with E-state index in [1.54, 1.807) is 6.08 Å². The number of allylic oxidation sites excluding steroid dienone is 5. The van der Waals surface area contributed by atoms with Crippen LogP contribution in [-0.2, 0) is 23.8 Å². The van der Waals surface area contributed by atoms with Gasteiger partial charge in [0.25, 0.3) is 0 Å². The fourth-order valence-corrected chi connectivity index (χ4v) is 9.62. The van der Waals surface area contributed by atoms with Gasteiger partial charge < -0.3 is 45.1 Å². The number of ether oxygens (including phenoxy) is 3. The first kappa shape index (κ1) is 68.9. The average Bonchev–Trinajstić information content (AvgIpc) is 3.39. The van der Waals surface area contributed by atoms with Crippen LogP contribution in [0.15, 0.2) is 36.5 Å². The molecule has 428 valence electrons. The van der Waals surface area contributed by atoms with Gasteiger partial charge in [-0.05, 0) is 57.8 Å². The summed E-state index contributed by atoms with van der Waals surface area (Å²) in [5, 5.41) is 56.8. The molecule has 1 aliphatic heterocycles. The molecule has 0 aromatic carbocycles. The Morgan fingerprint density at radius 1 is 0.534 bits per heavy atom. The number of carbonyl (C=O) groups excluding carboxylic acids is 2. The first-order valence-electron chi connectivity index (χ1n) is 30.8. The second-order valence-corrected chi connectivity index (χ2v) is 21.4. The van der Waals surface area contributed by atoms with E-state index in [1.807, 2.05) is 6.08 Å². The summed E-state index contributed by atoms with van der Waals surface area (Å²) >= 11 is 0. The number of rotatable bonds is 52. The lowest BCUT2D eigenvalue weighted by Gasteiger charge is -2.41. The van der Waals surface area contributed by atoms with Crippen molar-refractivity contribution in [2.75, 3.05) is 13.2 Å². The van der Waals surface area contributed by atoms with Crippen molar-refractivity contribution in [1.82, 2.24) is 5.32 Å². The van der Waals surface area contributed by atoms with Crippen LogP contribution in [0.25, 0.3) is 0 Å². The molecule has 11 nitrogen and oxygen atoms in total. The number of aliphatic hydroxyl groups is 5. The predicted octanol–water partition coefficient (Wildman–Crippen LogP) is 14.3. The van der Waals surface area contributed by atoms with Crippen molar-refractivity contribution in [2.45, 2.75) is 333 Å². The summed E-state index contributed by atoms with van der Waals surface area (Å²) in [5.74, 6) is -1.19. The first-order valence-corrected chi connectivity index (χ1v) is 30.8. The van der Waals surface area contributed by atoms with Crippen LogP contribution in [0, 0.1) is 0 Å². The lowest BCUT2D eigenvalue weighted by Crippen LogP contribution is -2.61. The number of aliphatic hydroxyl groups excluding tert-OH is 5. The number of esters is 1. The Morgan fingerprint density at radius 3 is 1.42 bits per heavy atom. The zero-order valence-corrected chi connectivity index (χ0v) is 47.3. The summed E-state index contributed by atoms with van der Waals surface area (Å²) in [5.41, 5.74) is 0. The molecule has 0 aromatic heterocycles. The van der Waals surface area contributed by atoms with Crippen molar-refractivity contribution in [3.05, 3.63) is 36.5 Å². The van der Waals surface area contributed by atoms with Crippen LogP contribution >= 0.6 is 0 Å². The first-order chi connectivity index (χ1) is 35.7. The van der Waals surface area contributed by atoms with Crippen molar-refractivity contribution < 1.29 is 49.3 Å². The minimum atomic E-state index is -1.61. The van der Waals surface area contributed by atoms with Gasteiger partial charge in [-0.3, -0.25) is 9.59 Å². The van der Waals surface area contributed by atoms with Crippen LogP contribution in [0.3, 0.4) is 0 Å². The van der Waals surface area contributed by atoms with Crippen LogP contribution < -0.4 is 5.32 Å². The van der Waals surface area contributed by atoms with Gasteiger partial charge in [-0.2, -0.15) is 0 Å². The van der Waals surface area contributed by atoms with Gasteiger partial charge in [0.1, 0.15) is 24.4 Å². The van der Waals surface area contributed by atoms with Crippen molar-refractivity contribution in [3.8, 4) is 0 Å². The van der Waals surface area contributed by atoms with E-state index in [1.165, 1.54) is 173 Å². The molecule has 0 spiro atoms. The molecule has 1 rings (SSSR count). The molecule has 73 heavy (non-hydrogen) atoms. The van der Waals surface area contributed by atoms with Gasteiger partial charge in [0.2, 0.25) is 5.91 Å². The van der Waals surface area contributed by atoms with E-state index < -0.39 is 67.4 Å². The molecule has 0 aromatic rings. The third-order valence-electron chi connectivity index (χ3n) is 14.5. The summed E-state index contributed by atoms with van der Waals surface area (Å²) in [4.78, 5) is 26.5. The number of hydrogen-bond donors (Lipinski definition) is 6. The lowest BCUT2D eigenvalue weighted by molar-refractivity contribution is -0.305. The van der Waals surface area contributed by atoms with Gasteiger partial charge in [-0.15, -0.1) is 0 Å². The van der Waals surface area contributed by atoms with Gasteiger partial charge in [0.05, 0.1) is 25.4 Å². The van der Waals surface area contributed by atoms with E-state index in [2.05, 4.69) is 50.4 Å². The molecule has 0 bridgehead atoms. The van der Waals surface area contributed by atoms with Crippen LogP contribution in [0.2, 0.25) is 0 Å². The number of amides is 1. The second-order valence-electron chi connectivity index (χ2n) is 21.4. The average molecular weight is 1030 g/mol. The zero-order chi connectivity index (χ0) is 53.3. The van der Waals surface area contributed by atoms with Crippen molar-refractivity contribution >= 4 is 11.9 Å². The highest BCUT2D eigenvalue weighted by molar-refractivity contribution is 5.80. The topological polar surface area (TPSA) is 175 Å². The molecule has 1 aliphatic rings. The largest absolute Gasteiger partial charge is 0.454 e. The fraction of sp³-hybridized carbons (Fsp3) is 0.871. The summed E-state index contributed by atoms with van der Waals surface area (Å²) in [7, 11) is 0. The Hall–Kier alpha value is -2.12. The number of hydrogen-bond acceptors (Lipinski definition) is 10. The van der Waals surface area contributed by atoms with E-state index in [0.29, 0.717) is 19.3 Å². The summed E-state index contributed by atoms with van der Waals surface area (Å²) in [6, 6.07) is -1.02. The van der Waals surface area contributed by atoms with Gasteiger partial charge in [-0.1, -0.05) is 256 Å². The maximum atomic E-state index is 13.3. The minimum Gasteiger partial charge on any atom is -0.454 e. The summed E-state index contributed by atoms with van der Waals surface area (Å²) in [6.45, 7) is 5.76. The van der Waals surface area contributed by atoms with Gasteiger partial charge in [0, 0.05) is 6.42 Å². The molecule has 1 fully saturated rings. The van der Waals surface area contributed by atoms with Crippen LogP contribution in [0.5, 0.6) is 0 Å². The number of nitrogens with one attached hydrogen (secondary N) is 1. The molecule has 0 saturated carbocycles. The molecule has 1 amide bonds. The van der Waals surface area contributed by atoms with Gasteiger partial charge in [-0.25, -0.2) is 0 Å². The second kappa shape index (κ2) is 50.7. The SMILES string of the molecule is CCCCC/C=C\C/C=C\CCCCCCCCCCCCCC(=O)OC1C(OCC(NC(=O)C(O)CCCCCCCCCCCC)C(O)/C=C/CCCCCCCCCCCCC)OC(CO)C(O)C1O. The highest BCUT2D eigenvalue weighted by Crippen LogP contribution is 2.26. The molecular formula is C62H115NO10. The Morgan fingerprint density at radius 2 is 0.945 bits per heavy atom. The molecular weight excluding hydrogens is 919 g/mol. The normalized spacial score (nSPS) is 19.6. The van der Waals surface area contributed by atoms with Crippen molar-refractivity contribution in [1.29, 1.82) is 0 Å². The fourth-order valence-electron chi connectivity index (χ4n) is 9.62. The molecule has 1 heterocycles. The van der Waals surface area contributed by atoms with Crippen LogP contribution in [-0.4, -0.2) is 99.6 Å². The monoisotopic (exact) mass is 1030 g/mol. The lowest BCUT2D eigenvalue weighted by atomic mass is 9.99. The highest BCUT2D eigenvalue weighted by Gasteiger charge is 2.47. The smallest absolute Gasteiger partial charge is 0.306 e. The zero-order valence-electron chi connectivity index (χ0n) is 47.3. The maximum absolute atomic E-state index is 13.3. The predicted molar refractivity (Wildman–Crippen MR) is 301 cm³/mol. The molecule has 0 aliphatic carbocycles. The number of carbonyl (C=O) groups is 2. The van der Waals surface area contributed by atoms with E-state index in [-0.39, 0.29) is 13.0 Å². The molecule has 11 heteroatoms. The van der Waals surface area contributed by atoms with Crippen LogP contribution in [0.1, 0.15) is 284 Å². The van der Waals surface area contributed by atoms with Gasteiger partial charge in [0.15, 0.2) is 12.4 Å². The maximum Gasteiger partial charge on any atom is 0.306 e. The van der Waals surface area contributed by atoms with E-state index in [0.717, 1.165) is 64.2 Å². The third kappa shape index (κ3) is 39.0. The highest BCUT2D eigenvalue weighted by atomic mass is 16.7. The van der Waals surface area contributed by atoms with E-state index in [4.69, 9.17) is 14.2 Å². The molecule has 6 N–H and O–H groups in total. The van der Waals surface area contributed by atoms with Crippen molar-refractivity contribution in [3.63, 3.8) is 0 Å². The summed E-state index contributed by atoms with van der Waals surface area (Å²) < 4.78 is 17.6. The molecule has 0 radical (unpaired) electrons. The Labute approximate surface area is 447 Å². The standard InChI is InChI=1S/C62H115NO10/c1-4-7-10-13-16-19-22-24-25-26-27-28-29-30-31-33-35-38-41-44-47-50-57(67)73-60-59(69)58(68)56(51-64)72-62(60)71-52-53(54(65)48-45-42-39-37-34-32-23-20-17-14-11-8-5-2)63-61(70)55(66)49-46-43-40-36-21-18-15-12-9-6-3/h16,19,24-25,45,48,53-56,58-60,62,64-66,68-69H,4-15,17-18,20-23,26-44,46-47,49-52H2,1-3H3,(H,63,70)/b19-16-,25-24-,48-45+. The molecule has 1 saturated heterocycles. The van der Waals surface area contributed by atoms with Crippen LogP contribution in [0.4, 0.5) is 0 Å². The van der Waals surface area contributed by atoms with Gasteiger partial charge >= 0.3 is 5.97 Å². The molecule has 8 atom stereocenters. The van der Waals surface area contributed by atoms with E-state index in [9.17, 15) is 35.1 Å². The Balaban J connectivity index is 2.63. The van der Waals surface area contributed by atoms with E-state index >= 15 is 0 Å². The Kier molecular flexibility index (Phi) is 47.8.